The van der Waals surface area contributed by atoms with E-state index in [1.165, 1.54) is 10.5 Å². The number of carbonyl (C=O) groups excluding carboxylic acids is 1. The normalized spacial score (nSPS) is 11.9. The van der Waals surface area contributed by atoms with Crippen LogP contribution in [0.15, 0.2) is 47.0 Å². The monoisotopic (exact) mass is 379 g/mol. The van der Waals surface area contributed by atoms with E-state index in [1.807, 2.05) is 63.2 Å². The van der Waals surface area contributed by atoms with Gasteiger partial charge in [0.05, 0.1) is 6.54 Å². The van der Waals surface area contributed by atoms with Crippen LogP contribution >= 0.6 is 0 Å². The van der Waals surface area contributed by atoms with Crippen LogP contribution in [0.25, 0.3) is 11.4 Å². The van der Waals surface area contributed by atoms with E-state index in [0.717, 1.165) is 16.7 Å². The van der Waals surface area contributed by atoms with Crippen LogP contribution in [-0.4, -0.2) is 34.1 Å². The third-order valence-corrected chi connectivity index (χ3v) is 4.63. The molecule has 0 aliphatic carbocycles. The van der Waals surface area contributed by atoms with Gasteiger partial charge in [-0.05, 0) is 57.0 Å². The summed E-state index contributed by atoms with van der Waals surface area (Å²) >= 11 is 0. The highest BCUT2D eigenvalue weighted by atomic mass is 16.5. The van der Waals surface area contributed by atoms with Gasteiger partial charge in [0.1, 0.15) is 5.75 Å². The van der Waals surface area contributed by atoms with Crippen LogP contribution in [0.5, 0.6) is 5.75 Å². The molecule has 0 saturated heterocycles. The maximum absolute atomic E-state index is 12.6. The summed E-state index contributed by atoms with van der Waals surface area (Å²) in [6.45, 7) is 8.02. The van der Waals surface area contributed by atoms with Crippen LogP contribution in [0.3, 0.4) is 0 Å². The average Bonchev–Trinajstić information content (AvgIpc) is 3.12. The second kappa shape index (κ2) is 8.25. The van der Waals surface area contributed by atoms with E-state index in [1.54, 1.807) is 14.0 Å². The summed E-state index contributed by atoms with van der Waals surface area (Å²) < 4.78 is 11.1. The maximum atomic E-state index is 12.6. The number of nitrogens with zero attached hydrogens (tertiary/aromatic N) is 3. The van der Waals surface area contributed by atoms with Gasteiger partial charge < -0.3 is 14.2 Å². The van der Waals surface area contributed by atoms with Gasteiger partial charge in [0.25, 0.3) is 5.91 Å². The number of amides is 1. The lowest BCUT2D eigenvalue weighted by atomic mass is 10.1. The Hall–Kier alpha value is -3.15. The number of aromatic nitrogens is 2. The molecule has 0 spiro atoms. The third-order valence-electron chi connectivity index (χ3n) is 4.63. The number of aryl methyl sites for hydroxylation is 3. The van der Waals surface area contributed by atoms with E-state index in [-0.39, 0.29) is 12.5 Å². The maximum Gasteiger partial charge on any atom is 0.263 e. The summed E-state index contributed by atoms with van der Waals surface area (Å²) in [7, 11) is 1.69. The van der Waals surface area contributed by atoms with Crippen molar-refractivity contribution >= 4 is 5.91 Å². The molecule has 146 valence electrons. The Morgan fingerprint density at radius 3 is 2.64 bits per heavy atom. The van der Waals surface area contributed by atoms with Gasteiger partial charge in [0.15, 0.2) is 6.10 Å². The molecule has 3 rings (SSSR count). The molecule has 1 unspecified atom stereocenters. The lowest BCUT2D eigenvalue weighted by Gasteiger charge is -2.21. The second-order valence-corrected chi connectivity index (χ2v) is 7.08. The molecule has 0 radical (unpaired) electrons. The minimum Gasteiger partial charge on any atom is -0.481 e. The Morgan fingerprint density at radius 1 is 1.14 bits per heavy atom. The molecule has 1 atom stereocenters. The van der Waals surface area contributed by atoms with E-state index < -0.39 is 6.10 Å². The Bertz CT molecular complexity index is 981. The summed E-state index contributed by atoms with van der Waals surface area (Å²) in [4.78, 5) is 18.6. The number of ether oxygens (including phenoxy) is 1. The van der Waals surface area contributed by atoms with Crippen molar-refractivity contribution in [2.45, 2.75) is 40.3 Å². The molecule has 0 aliphatic rings. The van der Waals surface area contributed by atoms with E-state index in [4.69, 9.17) is 9.26 Å². The predicted octanol–water partition coefficient (Wildman–Crippen LogP) is 4.09. The standard InChI is InChI=1S/C22H25N3O3/c1-14-7-6-8-18(11-14)21-23-20(28-24-21)13-25(5)22(26)17(4)27-19-10-9-15(2)16(3)12-19/h6-12,17H,13H2,1-5H3. The smallest absolute Gasteiger partial charge is 0.263 e. The van der Waals surface area contributed by atoms with Gasteiger partial charge in [0.2, 0.25) is 11.7 Å². The molecular formula is C22H25N3O3. The quantitative estimate of drug-likeness (QED) is 0.645. The fourth-order valence-electron chi connectivity index (χ4n) is 2.85. The van der Waals surface area contributed by atoms with Crippen molar-refractivity contribution in [2.24, 2.45) is 0 Å². The first-order valence-electron chi connectivity index (χ1n) is 9.22. The van der Waals surface area contributed by atoms with Crippen molar-refractivity contribution in [2.75, 3.05) is 7.05 Å². The first-order valence-corrected chi connectivity index (χ1v) is 9.22. The zero-order chi connectivity index (χ0) is 20.3. The fraction of sp³-hybridized carbons (Fsp3) is 0.318. The SMILES string of the molecule is Cc1cccc(-c2noc(CN(C)C(=O)C(C)Oc3ccc(C)c(C)c3)n2)c1. The van der Waals surface area contributed by atoms with Gasteiger partial charge in [-0.25, -0.2) is 0 Å². The summed E-state index contributed by atoms with van der Waals surface area (Å²) in [6.07, 6.45) is -0.619. The molecule has 0 N–H and O–H groups in total. The van der Waals surface area contributed by atoms with Crippen molar-refractivity contribution in [3.63, 3.8) is 0 Å². The minimum absolute atomic E-state index is 0.159. The first kappa shape index (κ1) is 19.6. The van der Waals surface area contributed by atoms with Gasteiger partial charge >= 0.3 is 0 Å². The van der Waals surface area contributed by atoms with Crippen LogP contribution in [0, 0.1) is 20.8 Å². The Labute approximate surface area is 165 Å². The molecule has 0 saturated carbocycles. The van der Waals surface area contributed by atoms with E-state index >= 15 is 0 Å². The molecule has 0 aliphatic heterocycles. The average molecular weight is 379 g/mol. The van der Waals surface area contributed by atoms with E-state index in [9.17, 15) is 4.79 Å². The van der Waals surface area contributed by atoms with Gasteiger partial charge in [-0.3, -0.25) is 4.79 Å². The van der Waals surface area contributed by atoms with Gasteiger partial charge in [0, 0.05) is 12.6 Å². The summed E-state index contributed by atoms with van der Waals surface area (Å²) in [5.41, 5.74) is 4.31. The number of benzene rings is 2. The molecule has 1 aromatic heterocycles. The molecule has 0 fully saturated rings. The van der Waals surface area contributed by atoms with Crippen LogP contribution in [-0.2, 0) is 11.3 Å². The molecule has 2 aromatic carbocycles. The molecule has 6 nitrogen and oxygen atoms in total. The molecule has 1 heterocycles. The molecule has 0 bridgehead atoms. The lowest BCUT2D eigenvalue weighted by Crippen LogP contribution is -2.37. The van der Waals surface area contributed by atoms with Crippen LogP contribution in [0.2, 0.25) is 0 Å². The number of likely N-dealkylation sites (N-methyl/N-ethyl adjacent to an activating group) is 1. The molecule has 1 amide bonds. The number of carbonyl (C=O) groups is 1. The van der Waals surface area contributed by atoms with Crippen LogP contribution in [0.4, 0.5) is 0 Å². The number of hydrogen-bond acceptors (Lipinski definition) is 5. The zero-order valence-electron chi connectivity index (χ0n) is 16.9. The van der Waals surface area contributed by atoms with Crippen LogP contribution < -0.4 is 4.74 Å². The number of rotatable bonds is 6. The third kappa shape index (κ3) is 4.57. The number of hydrogen-bond donors (Lipinski definition) is 0. The second-order valence-electron chi connectivity index (χ2n) is 7.08. The van der Waals surface area contributed by atoms with Gasteiger partial charge in [-0.2, -0.15) is 4.98 Å². The van der Waals surface area contributed by atoms with E-state index in [2.05, 4.69) is 10.1 Å². The Kier molecular flexibility index (Phi) is 5.78. The van der Waals surface area contributed by atoms with Gasteiger partial charge in [-0.1, -0.05) is 35.0 Å². The van der Waals surface area contributed by atoms with Crippen molar-refractivity contribution in [3.05, 3.63) is 65.0 Å². The van der Waals surface area contributed by atoms with Crippen LogP contribution in [0.1, 0.15) is 29.5 Å². The topological polar surface area (TPSA) is 68.5 Å². The summed E-state index contributed by atoms with van der Waals surface area (Å²) in [6, 6.07) is 13.7. The predicted molar refractivity (Wildman–Crippen MR) is 107 cm³/mol. The lowest BCUT2D eigenvalue weighted by molar-refractivity contribution is -0.137. The van der Waals surface area contributed by atoms with Crippen molar-refractivity contribution in [1.82, 2.24) is 15.0 Å². The van der Waals surface area contributed by atoms with Gasteiger partial charge in [-0.15, -0.1) is 0 Å². The van der Waals surface area contributed by atoms with Crippen molar-refractivity contribution < 1.29 is 14.1 Å². The highest BCUT2D eigenvalue weighted by Crippen LogP contribution is 2.19. The molecule has 3 aromatic rings. The van der Waals surface area contributed by atoms with E-state index in [0.29, 0.717) is 17.5 Å². The summed E-state index contributed by atoms with van der Waals surface area (Å²) in [5, 5.41) is 4.02. The largest absolute Gasteiger partial charge is 0.481 e. The Balaban J connectivity index is 1.63. The zero-order valence-corrected chi connectivity index (χ0v) is 16.9. The minimum atomic E-state index is -0.619. The van der Waals surface area contributed by atoms with Crippen molar-refractivity contribution in [3.8, 4) is 17.1 Å². The highest BCUT2D eigenvalue weighted by Gasteiger charge is 2.21. The molecule has 28 heavy (non-hydrogen) atoms. The summed E-state index contributed by atoms with van der Waals surface area (Å²) in [5.74, 6) is 1.41. The highest BCUT2D eigenvalue weighted by molar-refractivity contribution is 5.80. The first-order chi connectivity index (χ1) is 13.3. The molecule has 6 heteroatoms. The Morgan fingerprint density at radius 2 is 1.93 bits per heavy atom. The fourth-order valence-corrected chi connectivity index (χ4v) is 2.85. The van der Waals surface area contributed by atoms with Crippen molar-refractivity contribution in [1.29, 1.82) is 0 Å². The molecular weight excluding hydrogens is 354 g/mol.